The molecule has 0 bridgehead atoms. The Balaban J connectivity index is 1.86. The standard InChI is InChI=1S/C27H29N3O7S/c1-18-12-19(2)14-22(13-18)30(38(33,34)24-10-11-25(35-4)26(15-24)36-5)17-27(32)29-28-16-21-6-8-23(9-7-21)37-20(3)31/h6-16H,17H2,1-5H3,(H,29,32)/b28-16-. The minimum Gasteiger partial charge on any atom is -0.493 e. The number of carbonyl (C=O) groups is 2. The second-order valence-electron chi connectivity index (χ2n) is 8.33. The summed E-state index contributed by atoms with van der Waals surface area (Å²) in [6, 6.07) is 16.0. The first-order valence-electron chi connectivity index (χ1n) is 11.5. The van der Waals surface area contributed by atoms with Crippen LogP contribution in [0.2, 0.25) is 0 Å². The van der Waals surface area contributed by atoms with Crippen LogP contribution in [0.4, 0.5) is 5.69 Å². The van der Waals surface area contributed by atoms with Crippen LogP contribution in [-0.4, -0.2) is 47.3 Å². The van der Waals surface area contributed by atoms with Crippen molar-refractivity contribution in [1.29, 1.82) is 0 Å². The van der Waals surface area contributed by atoms with Gasteiger partial charge in [0, 0.05) is 13.0 Å². The number of amides is 1. The van der Waals surface area contributed by atoms with E-state index in [1.165, 1.54) is 45.6 Å². The summed E-state index contributed by atoms with van der Waals surface area (Å²) in [6.07, 6.45) is 1.39. The number of methoxy groups -OCH3 is 2. The van der Waals surface area contributed by atoms with Gasteiger partial charge in [0.05, 0.1) is 31.0 Å². The molecule has 0 fully saturated rings. The van der Waals surface area contributed by atoms with Crippen molar-refractivity contribution < 1.29 is 32.2 Å². The van der Waals surface area contributed by atoms with Crippen molar-refractivity contribution in [2.45, 2.75) is 25.7 Å². The van der Waals surface area contributed by atoms with E-state index < -0.39 is 28.4 Å². The average molecular weight is 540 g/mol. The van der Waals surface area contributed by atoms with Gasteiger partial charge in [-0.15, -0.1) is 0 Å². The smallest absolute Gasteiger partial charge is 0.308 e. The molecule has 11 heteroatoms. The molecule has 0 aromatic heterocycles. The van der Waals surface area contributed by atoms with Crippen LogP contribution in [0.3, 0.4) is 0 Å². The molecule has 0 spiro atoms. The molecule has 0 aliphatic carbocycles. The number of anilines is 1. The van der Waals surface area contributed by atoms with E-state index in [9.17, 15) is 18.0 Å². The van der Waals surface area contributed by atoms with Crippen molar-refractivity contribution in [2.75, 3.05) is 25.1 Å². The molecule has 0 unspecified atom stereocenters. The topological polar surface area (TPSA) is 124 Å². The zero-order valence-corrected chi connectivity index (χ0v) is 22.5. The Bertz CT molecular complexity index is 1430. The maximum absolute atomic E-state index is 13.7. The molecule has 3 aromatic carbocycles. The van der Waals surface area contributed by atoms with Crippen LogP contribution in [0.15, 0.2) is 70.7 Å². The first-order chi connectivity index (χ1) is 18.0. The third-order valence-corrected chi connectivity index (χ3v) is 7.04. The lowest BCUT2D eigenvalue weighted by Crippen LogP contribution is -2.39. The maximum Gasteiger partial charge on any atom is 0.308 e. The Morgan fingerprint density at radius 2 is 1.55 bits per heavy atom. The summed E-state index contributed by atoms with van der Waals surface area (Å²) in [5, 5.41) is 3.93. The molecular weight excluding hydrogens is 510 g/mol. The number of carbonyl (C=O) groups excluding carboxylic acids is 2. The number of hydrogen-bond acceptors (Lipinski definition) is 8. The molecule has 1 N–H and O–H groups in total. The second-order valence-corrected chi connectivity index (χ2v) is 10.2. The summed E-state index contributed by atoms with van der Waals surface area (Å²) < 4.78 is 44.0. The number of rotatable bonds is 10. The molecule has 1 amide bonds. The highest BCUT2D eigenvalue weighted by atomic mass is 32.2. The number of nitrogens with zero attached hydrogens (tertiary/aromatic N) is 2. The predicted molar refractivity (Wildman–Crippen MR) is 143 cm³/mol. The van der Waals surface area contributed by atoms with Gasteiger partial charge in [0.15, 0.2) is 11.5 Å². The van der Waals surface area contributed by atoms with Crippen molar-refractivity contribution in [2.24, 2.45) is 5.10 Å². The molecule has 0 aliphatic heterocycles. The van der Waals surface area contributed by atoms with Crippen LogP contribution < -0.4 is 23.9 Å². The molecule has 3 aromatic rings. The van der Waals surface area contributed by atoms with Crippen LogP contribution in [0.25, 0.3) is 0 Å². The summed E-state index contributed by atoms with van der Waals surface area (Å²) in [5.41, 5.74) is 5.00. The molecular formula is C27H29N3O7S. The van der Waals surface area contributed by atoms with E-state index in [1.54, 1.807) is 36.4 Å². The van der Waals surface area contributed by atoms with E-state index >= 15 is 0 Å². The van der Waals surface area contributed by atoms with Gasteiger partial charge in [0.1, 0.15) is 12.3 Å². The fourth-order valence-electron chi connectivity index (χ4n) is 3.65. The lowest BCUT2D eigenvalue weighted by molar-refractivity contribution is -0.131. The number of benzene rings is 3. The predicted octanol–water partition coefficient (Wildman–Crippen LogP) is 3.59. The molecule has 0 saturated carbocycles. The van der Waals surface area contributed by atoms with Gasteiger partial charge >= 0.3 is 5.97 Å². The Morgan fingerprint density at radius 1 is 0.921 bits per heavy atom. The van der Waals surface area contributed by atoms with Crippen molar-refractivity contribution in [3.8, 4) is 17.2 Å². The molecule has 0 aliphatic rings. The van der Waals surface area contributed by atoms with E-state index in [0.29, 0.717) is 22.7 Å². The highest BCUT2D eigenvalue weighted by molar-refractivity contribution is 7.92. The summed E-state index contributed by atoms with van der Waals surface area (Å²) in [6.45, 7) is 4.46. The summed E-state index contributed by atoms with van der Waals surface area (Å²) in [4.78, 5) is 23.8. The van der Waals surface area contributed by atoms with E-state index in [-0.39, 0.29) is 10.6 Å². The van der Waals surface area contributed by atoms with Gasteiger partial charge < -0.3 is 14.2 Å². The average Bonchev–Trinajstić information content (AvgIpc) is 2.86. The van der Waals surface area contributed by atoms with Crippen molar-refractivity contribution in [3.05, 3.63) is 77.4 Å². The van der Waals surface area contributed by atoms with Crippen LogP contribution in [0.1, 0.15) is 23.6 Å². The second kappa shape index (κ2) is 12.2. The highest BCUT2D eigenvalue weighted by Gasteiger charge is 2.28. The van der Waals surface area contributed by atoms with Crippen LogP contribution >= 0.6 is 0 Å². The number of ether oxygens (including phenoxy) is 3. The zero-order chi connectivity index (χ0) is 27.9. The van der Waals surface area contributed by atoms with Crippen molar-refractivity contribution in [1.82, 2.24) is 5.43 Å². The lowest BCUT2D eigenvalue weighted by atomic mass is 10.1. The molecule has 38 heavy (non-hydrogen) atoms. The van der Waals surface area contributed by atoms with Gasteiger partial charge in [-0.1, -0.05) is 6.07 Å². The van der Waals surface area contributed by atoms with Gasteiger partial charge in [-0.2, -0.15) is 5.10 Å². The molecule has 0 radical (unpaired) electrons. The van der Waals surface area contributed by atoms with Crippen molar-refractivity contribution >= 4 is 33.8 Å². The number of hydrazone groups is 1. The fourth-order valence-corrected chi connectivity index (χ4v) is 5.07. The Hall–Kier alpha value is -4.38. The first kappa shape index (κ1) is 28.2. The Labute approximate surface area is 221 Å². The Morgan fingerprint density at radius 3 is 2.13 bits per heavy atom. The fraction of sp³-hybridized carbons (Fsp3) is 0.222. The number of hydrogen-bond donors (Lipinski definition) is 1. The maximum atomic E-state index is 13.7. The van der Waals surface area contributed by atoms with E-state index in [0.717, 1.165) is 15.4 Å². The highest BCUT2D eigenvalue weighted by Crippen LogP contribution is 2.32. The summed E-state index contributed by atoms with van der Waals surface area (Å²) in [7, 11) is -1.33. The molecule has 200 valence electrons. The SMILES string of the molecule is COc1ccc(S(=O)(=O)N(CC(=O)N/N=C\c2ccc(OC(C)=O)cc2)c2cc(C)cc(C)c2)cc1OC. The monoisotopic (exact) mass is 539 g/mol. The minimum absolute atomic E-state index is 0.0709. The van der Waals surface area contributed by atoms with Crippen LogP contribution in [-0.2, 0) is 19.6 Å². The number of sulfonamides is 1. The van der Waals surface area contributed by atoms with Gasteiger partial charge in [-0.05, 0) is 79.1 Å². The summed E-state index contributed by atoms with van der Waals surface area (Å²) >= 11 is 0. The molecule has 0 atom stereocenters. The van der Waals surface area contributed by atoms with Gasteiger partial charge in [0.2, 0.25) is 0 Å². The van der Waals surface area contributed by atoms with Gasteiger partial charge in [-0.3, -0.25) is 13.9 Å². The number of aryl methyl sites for hydroxylation is 2. The molecule has 0 saturated heterocycles. The van der Waals surface area contributed by atoms with E-state index in [1.807, 2.05) is 19.9 Å². The van der Waals surface area contributed by atoms with Gasteiger partial charge in [0.25, 0.3) is 15.9 Å². The van der Waals surface area contributed by atoms with Gasteiger partial charge in [-0.25, -0.2) is 13.8 Å². The van der Waals surface area contributed by atoms with E-state index in [4.69, 9.17) is 14.2 Å². The first-order valence-corrected chi connectivity index (χ1v) is 12.9. The van der Waals surface area contributed by atoms with Crippen molar-refractivity contribution in [3.63, 3.8) is 0 Å². The third kappa shape index (κ3) is 7.10. The molecule has 10 nitrogen and oxygen atoms in total. The third-order valence-electron chi connectivity index (χ3n) is 5.27. The van der Waals surface area contributed by atoms with E-state index in [2.05, 4.69) is 10.5 Å². The minimum atomic E-state index is -4.19. The summed E-state index contributed by atoms with van der Waals surface area (Å²) in [5.74, 6) is -0.0979. The largest absolute Gasteiger partial charge is 0.493 e. The normalized spacial score (nSPS) is 11.2. The quantitative estimate of drug-likeness (QED) is 0.181. The van der Waals surface area contributed by atoms with Crippen LogP contribution in [0, 0.1) is 13.8 Å². The molecule has 3 rings (SSSR count). The number of nitrogens with one attached hydrogen (secondary N) is 1. The van der Waals surface area contributed by atoms with Crippen LogP contribution in [0.5, 0.6) is 17.2 Å². The Kier molecular flexibility index (Phi) is 9.08. The zero-order valence-electron chi connectivity index (χ0n) is 21.7. The lowest BCUT2D eigenvalue weighted by Gasteiger charge is -2.25. The number of esters is 1. The molecule has 0 heterocycles.